The van der Waals surface area contributed by atoms with Crippen LogP contribution in [-0.4, -0.2) is 49.7 Å². The quantitative estimate of drug-likeness (QED) is 0.669. The molecule has 0 amide bonds. The lowest BCUT2D eigenvalue weighted by atomic mass is 9.86. The second-order valence-corrected chi connectivity index (χ2v) is 8.54. The minimum absolute atomic E-state index is 0.203. The average Bonchev–Trinajstić information content (AvgIpc) is 2.85. The van der Waals surface area contributed by atoms with Crippen LogP contribution in [0.5, 0.6) is 17.2 Å². The predicted molar refractivity (Wildman–Crippen MR) is 116 cm³/mol. The normalized spacial score (nSPS) is 15.3. The third-order valence-corrected chi connectivity index (χ3v) is 5.33. The lowest BCUT2D eigenvalue weighted by Crippen LogP contribution is -2.31. The fraction of sp³-hybridized carbons (Fsp3) is 0.478. The zero-order valence-electron chi connectivity index (χ0n) is 18.6. The fourth-order valence-electron chi connectivity index (χ4n) is 3.62. The first-order chi connectivity index (χ1) is 14.7. The highest BCUT2D eigenvalue weighted by atomic mass is 16.5. The third-order valence-electron chi connectivity index (χ3n) is 5.33. The molecule has 1 aromatic heterocycles. The number of ether oxygens (including phenoxy) is 4. The zero-order chi connectivity index (χ0) is 22.8. The van der Waals surface area contributed by atoms with Crippen LogP contribution in [0.4, 0.5) is 0 Å². The van der Waals surface area contributed by atoms with Gasteiger partial charge in [0.05, 0.1) is 25.5 Å². The molecule has 1 aliphatic rings. The van der Waals surface area contributed by atoms with E-state index >= 15 is 0 Å². The zero-order valence-corrected chi connectivity index (χ0v) is 18.6. The molecule has 0 fully saturated rings. The summed E-state index contributed by atoms with van der Waals surface area (Å²) >= 11 is 0. The van der Waals surface area contributed by atoms with Crippen molar-refractivity contribution in [1.29, 1.82) is 0 Å². The molecule has 0 radical (unpaired) electrons. The van der Waals surface area contributed by atoms with Crippen molar-refractivity contribution in [2.75, 3.05) is 34.0 Å². The lowest BCUT2D eigenvalue weighted by molar-refractivity contribution is 0.0693. The number of methoxy groups -OCH3 is 2. The van der Waals surface area contributed by atoms with Gasteiger partial charge in [-0.15, -0.1) is 0 Å². The number of hydrogen-bond acceptors (Lipinski definition) is 6. The number of aromatic nitrogens is 1. The number of aromatic carboxylic acids is 1. The molecule has 1 N–H and O–H groups in total. The molecular weight excluding hydrogens is 402 g/mol. The van der Waals surface area contributed by atoms with Crippen molar-refractivity contribution >= 4 is 5.97 Å². The predicted octanol–water partition coefficient (Wildman–Crippen LogP) is 3.62. The summed E-state index contributed by atoms with van der Waals surface area (Å²) in [6, 6.07) is 4.67. The van der Waals surface area contributed by atoms with Crippen LogP contribution >= 0.6 is 0 Å². The summed E-state index contributed by atoms with van der Waals surface area (Å²) in [7, 11) is 3.18. The molecule has 31 heavy (non-hydrogen) atoms. The first kappa shape index (κ1) is 22.7. The number of carboxylic acid groups (broad SMARTS) is 1. The number of nitrogens with zero attached hydrogens (tertiary/aromatic N) is 1. The van der Waals surface area contributed by atoms with Crippen molar-refractivity contribution in [2.24, 2.45) is 5.41 Å². The molecule has 2 heterocycles. The number of hydrogen-bond donors (Lipinski definition) is 1. The Morgan fingerprint density at radius 2 is 1.94 bits per heavy atom. The van der Waals surface area contributed by atoms with Gasteiger partial charge in [0.15, 0.2) is 16.9 Å². The number of pyridine rings is 1. The van der Waals surface area contributed by atoms with Gasteiger partial charge in [0.25, 0.3) is 0 Å². The summed E-state index contributed by atoms with van der Waals surface area (Å²) in [6.07, 6.45) is 2.13. The van der Waals surface area contributed by atoms with Crippen molar-refractivity contribution < 1.29 is 28.8 Å². The number of fused-ring (bicyclic) bond motifs is 3. The Hall–Kier alpha value is -3.00. The lowest BCUT2D eigenvalue weighted by Gasteiger charge is -2.32. The second kappa shape index (κ2) is 9.01. The minimum Gasteiger partial charge on any atom is -0.493 e. The number of carboxylic acids is 1. The van der Waals surface area contributed by atoms with Crippen LogP contribution in [0, 0.1) is 5.41 Å². The molecular formula is C23H29NO7. The van der Waals surface area contributed by atoms with Crippen molar-refractivity contribution in [1.82, 2.24) is 4.57 Å². The van der Waals surface area contributed by atoms with Crippen molar-refractivity contribution in [3.8, 4) is 28.5 Å². The summed E-state index contributed by atoms with van der Waals surface area (Å²) in [6.45, 7) is 7.48. The summed E-state index contributed by atoms with van der Waals surface area (Å²) in [5.74, 6) is 0.319. The highest BCUT2D eigenvalue weighted by Gasteiger charge is 2.33. The molecule has 0 saturated carbocycles. The smallest absolute Gasteiger partial charge is 0.341 e. The van der Waals surface area contributed by atoms with Crippen LogP contribution in [0.1, 0.15) is 43.6 Å². The average molecular weight is 431 g/mol. The molecule has 0 unspecified atom stereocenters. The van der Waals surface area contributed by atoms with E-state index in [0.717, 1.165) is 6.42 Å². The number of rotatable bonds is 7. The molecule has 0 bridgehead atoms. The summed E-state index contributed by atoms with van der Waals surface area (Å²) in [5.41, 5.74) is 0.128. The van der Waals surface area contributed by atoms with Gasteiger partial charge < -0.3 is 28.6 Å². The van der Waals surface area contributed by atoms with E-state index in [1.54, 1.807) is 26.4 Å². The Labute approximate surface area is 181 Å². The fourth-order valence-corrected chi connectivity index (χ4v) is 3.62. The maximum absolute atomic E-state index is 12.5. The second-order valence-electron chi connectivity index (χ2n) is 8.54. The molecule has 8 nitrogen and oxygen atoms in total. The molecule has 168 valence electrons. The van der Waals surface area contributed by atoms with E-state index in [1.165, 1.54) is 12.3 Å². The minimum atomic E-state index is -1.25. The Morgan fingerprint density at radius 1 is 1.19 bits per heavy atom. The molecule has 0 saturated heterocycles. The van der Waals surface area contributed by atoms with E-state index in [-0.39, 0.29) is 17.0 Å². The van der Waals surface area contributed by atoms with Gasteiger partial charge in [-0.2, -0.15) is 0 Å². The van der Waals surface area contributed by atoms with Crippen LogP contribution in [0.3, 0.4) is 0 Å². The van der Waals surface area contributed by atoms with E-state index in [0.29, 0.717) is 48.3 Å². The SMILES string of the molecule is COCCCOc1cc2c(cc1OC)-c1cc(=O)c(C(=O)O)cn1[C@H](C(C)(C)C)CO2. The summed E-state index contributed by atoms with van der Waals surface area (Å²) < 4.78 is 24.4. The molecule has 1 aliphatic heterocycles. The van der Waals surface area contributed by atoms with Gasteiger partial charge in [0, 0.05) is 44.0 Å². The molecule has 1 atom stereocenters. The van der Waals surface area contributed by atoms with Crippen LogP contribution < -0.4 is 19.6 Å². The van der Waals surface area contributed by atoms with Crippen LogP contribution in [0.15, 0.2) is 29.2 Å². The largest absolute Gasteiger partial charge is 0.493 e. The van der Waals surface area contributed by atoms with Gasteiger partial charge in [-0.1, -0.05) is 20.8 Å². The summed E-state index contributed by atoms with van der Waals surface area (Å²) in [5, 5.41) is 9.47. The van der Waals surface area contributed by atoms with Gasteiger partial charge in [0.2, 0.25) is 0 Å². The van der Waals surface area contributed by atoms with Crippen LogP contribution in [0.25, 0.3) is 11.3 Å². The monoisotopic (exact) mass is 431 g/mol. The first-order valence-electron chi connectivity index (χ1n) is 10.1. The Balaban J connectivity index is 2.16. The van der Waals surface area contributed by atoms with Crippen LogP contribution in [-0.2, 0) is 4.74 Å². The maximum Gasteiger partial charge on any atom is 0.341 e. The number of carbonyl (C=O) groups is 1. The Morgan fingerprint density at radius 3 is 2.55 bits per heavy atom. The van der Waals surface area contributed by atoms with Crippen molar-refractivity contribution in [3.05, 3.63) is 40.2 Å². The van der Waals surface area contributed by atoms with E-state index in [1.807, 2.05) is 25.3 Å². The van der Waals surface area contributed by atoms with E-state index in [2.05, 4.69) is 0 Å². The molecule has 0 spiro atoms. The standard InChI is InChI=1S/C23H29NO7/c1-23(2,3)21-13-31-18-11-20(30-8-6-7-28-4)19(29-5)9-14(18)16-10-17(25)15(22(26)27)12-24(16)21/h9-12,21H,6-8,13H2,1-5H3,(H,26,27)/t21-/m0/s1. The topological polar surface area (TPSA) is 96.2 Å². The van der Waals surface area contributed by atoms with E-state index in [9.17, 15) is 14.7 Å². The Bertz CT molecular complexity index is 1020. The van der Waals surface area contributed by atoms with Gasteiger partial charge in [-0.25, -0.2) is 4.79 Å². The first-order valence-corrected chi connectivity index (χ1v) is 10.1. The highest BCUT2D eigenvalue weighted by molar-refractivity contribution is 5.88. The van der Waals surface area contributed by atoms with Gasteiger partial charge in [0.1, 0.15) is 17.9 Å². The molecule has 1 aromatic carbocycles. The number of benzene rings is 1. The summed E-state index contributed by atoms with van der Waals surface area (Å²) in [4.78, 5) is 24.1. The molecule has 0 aliphatic carbocycles. The maximum atomic E-state index is 12.5. The Kier molecular flexibility index (Phi) is 6.59. The van der Waals surface area contributed by atoms with Gasteiger partial charge in [-0.3, -0.25) is 4.79 Å². The molecule has 8 heteroatoms. The van der Waals surface area contributed by atoms with Crippen molar-refractivity contribution in [3.63, 3.8) is 0 Å². The molecule has 2 aromatic rings. The van der Waals surface area contributed by atoms with E-state index in [4.69, 9.17) is 18.9 Å². The van der Waals surface area contributed by atoms with Gasteiger partial charge in [-0.05, 0) is 11.5 Å². The van der Waals surface area contributed by atoms with Gasteiger partial charge >= 0.3 is 5.97 Å². The third kappa shape index (κ3) is 4.69. The van der Waals surface area contributed by atoms with Crippen molar-refractivity contribution in [2.45, 2.75) is 33.2 Å². The molecule has 3 rings (SSSR count). The highest BCUT2D eigenvalue weighted by Crippen LogP contribution is 2.45. The van der Waals surface area contributed by atoms with E-state index < -0.39 is 11.4 Å². The van der Waals surface area contributed by atoms with Crippen LogP contribution in [0.2, 0.25) is 0 Å².